The molecule has 1 aliphatic heterocycles. The lowest BCUT2D eigenvalue weighted by Gasteiger charge is -2.30. The van der Waals surface area contributed by atoms with E-state index in [0.717, 1.165) is 0 Å². The quantitative estimate of drug-likeness (QED) is 0.388. The summed E-state index contributed by atoms with van der Waals surface area (Å²) in [6.07, 6.45) is -0.912. The average Bonchev–Trinajstić information content (AvgIpc) is 3.10. The molecule has 2 amide bonds. The maximum absolute atomic E-state index is 13.8. The van der Waals surface area contributed by atoms with Crippen molar-refractivity contribution in [2.24, 2.45) is 0 Å². The second-order valence-electron chi connectivity index (χ2n) is 7.77. The normalized spacial score (nSPS) is 16.7. The molecule has 36 heavy (non-hydrogen) atoms. The summed E-state index contributed by atoms with van der Waals surface area (Å²) in [4.78, 5) is 25.7. The number of nitrogen functional groups attached to an aromatic ring is 1. The number of amides is 2. The Morgan fingerprint density at radius 1 is 1.08 bits per heavy atom. The predicted octanol–water partition coefficient (Wildman–Crippen LogP) is 4.36. The molecule has 1 heterocycles. The number of benzene rings is 3. The van der Waals surface area contributed by atoms with Gasteiger partial charge in [-0.15, -0.1) is 0 Å². The Hall–Kier alpha value is -3.47. The summed E-state index contributed by atoms with van der Waals surface area (Å²) in [7, 11) is -3.00. The Balaban J connectivity index is 2.03. The Bertz CT molecular complexity index is 1500. The van der Waals surface area contributed by atoms with E-state index in [2.05, 4.69) is 10.6 Å². The minimum atomic E-state index is -4.31. The lowest BCUT2D eigenvalue weighted by atomic mass is 9.84. The molecule has 1 aliphatic rings. The number of hydrogen-bond donors (Lipinski definition) is 3. The van der Waals surface area contributed by atoms with E-state index in [0.29, 0.717) is 5.69 Å². The van der Waals surface area contributed by atoms with Gasteiger partial charge in [-0.1, -0.05) is 41.4 Å². The molecule has 4 N–H and O–H groups in total. The van der Waals surface area contributed by atoms with Gasteiger partial charge in [-0.05, 0) is 37.3 Å². The average molecular weight is 550 g/mol. The van der Waals surface area contributed by atoms with Crippen molar-refractivity contribution < 1.29 is 27.5 Å². The second kappa shape index (κ2) is 9.53. The van der Waals surface area contributed by atoms with Crippen LogP contribution in [0.1, 0.15) is 18.1 Å². The van der Waals surface area contributed by atoms with Crippen LogP contribution in [0.3, 0.4) is 0 Å². The van der Waals surface area contributed by atoms with Crippen LogP contribution in [-0.2, 0) is 24.9 Å². The molecule has 0 saturated carbocycles. The molecule has 1 atom stereocenters. The smallest absolute Gasteiger partial charge is 0.408 e. The molecule has 188 valence electrons. The molecule has 0 radical (unpaired) electrons. The number of carbonyl (C=O) groups excluding carboxylic acids is 2. The third kappa shape index (κ3) is 4.11. The topological polar surface area (TPSA) is 137 Å². The van der Waals surface area contributed by atoms with Gasteiger partial charge < -0.3 is 20.5 Å². The minimum Gasteiger partial charge on any atom is -0.495 e. The number of ether oxygens (including phenoxy) is 2. The molecule has 0 aliphatic carbocycles. The fourth-order valence-corrected chi connectivity index (χ4v) is 6.28. The van der Waals surface area contributed by atoms with E-state index in [1.165, 1.54) is 43.5 Å². The van der Waals surface area contributed by atoms with Gasteiger partial charge >= 0.3 is 6.09 Å². The van der Waals surface area contributed by atoms with Gasteiger partial charge in [0, 0.05) is 32.9 Å². The number of anilines is 2. The fraction of sp³-hybridized carbons (Fsp3) is 0.167. The third-order valence-electron chi connectivity index (χ3n) is 5.66. The third-order valence-corrected chi connectivity index (χ3v) is 8.02. The van der Waals surface area contributed by atoms with E-state index in [9.17, 15) is 18.0 Å². The van der Waals surface area contributed by atoms with Crippen molar-refractivity contribution in [3.8, 4) is 5.75 Å². The van der Waals surface area contributed by atoms with Crippen molar-refractivity contribution in [2.45, 2.75) is 22.3 Å². The van der Waals surface area contributed by atoms with Crippen LogP contribution in [0.5, 0.6) is 5.75 Å². The summed E-state index contributed by atoms with van der Waals surface area (Å²) < 4.78 is 37.9. The van der Waals surface area contributed by atoms with Gasteiger partial charge in [0.2, 0.25) is 9.84 Å². The fourth-order valence-electron chi connectivity index (χ4n) is 4.12. The van der Waals surface area contributed by atoms with Crippen molar-refractivity contribution in [1.82, 2.24) is 5.32 Å². The maximum atomic E-state index is 13.8. The zero-order chi connectivity index (χ0) is 26.3. The number of nitrogens with one attached hydrogen (secondary N) is 2. The number of fused-ring (bicyclic) bond motifs is 1. The summed E-state index contributed by atoms with van der Waals surface area (Å²) >= 11 is 12.8. The number of nitrogens with two attached hydrogens (primary N) is 1. The molecule has 0 saturated heterocycles. The molecular formula is C24H21Cl2N3O6S. The van der Waals surface area contributed by atoms with Crippen molar-refractivity contribution >= 4 is 56.4 Å². The predicted molar refractivity (Wildman–Crippen MR) is 135 cm³/mol. The minimum absolute atomic E-state index is 0.000300. The van der Waals surface area contributed by atoms with Crippen molar-refractivity contribution in [3.63, 3.8) is 0 Å². The number of alkyl carbamates (subject to hydrolysis) is 1. The van der Waals surface area contributed by atoms with Crippen LogP contribution >= 0.6 is 23.2 Å². The van der Waals surface area contributed by atoms with Crippen LogP contribution < -0.4 is 21.1 Å². The Morgan fingerprint density at radius 2 is 1.81 bits per heavy atom. The van der Waals surface area contributed by atoms with E-state index in [1.807, 2.05) is 0 Å². The molecule has 0 aromatic heterocycles. The molecular weight excluding hydrogens is 529 g/mol. The largest absolute Gasteiger partial charge is 0.495 e. The van der Waals surface area contributed by atoms with E-state index >= 15 is 0 Å². The van der Waals surface area contributed by atoms with Gasteiger partial charge in [-0.3, -0.25) is 10.1 Å². The van der Waals surface area contributed by atoms with Crippen molar-refractivity contribution in [1.29, 1.82) is 0 Å². The number of hydrogen-bond acceptors (Lipinski definition) is 7. The highest BCUT2D eigenvalue weighted by Gasteiger charge is 2.53. The second-order valence-corrected chi connectivity index (χ2v) is 10.5. The highest BCUT2D eigenvalue weighted by molar-refractivity contribution is 7.91. The summed E-state index contributed by atoms with van der Waals surface area (Å²) in [6.45, 7) is 1.64. The van der Waals surface area contributed by atoms with E-state index in [1.54, 1.807) is 25.1 Å². The Morgan fingerprint density at radius 3 is 2.47 bits per heavy atom. The van der Waals surface area contributed by atoms with Crippen molar-refractivity contribution in [2.75, 3.05) is 24.8 Å². The van der Waals surface area contributed by atoms with Gasteiger partial charge in [-0.2, -0.15) is 0 Å². The summed E-state index contributed by atoms with van der Waals surface area (Å²) in [5.74, 6) is -0.739. The van der Waals surface area contributed by atoms with Gasteiger partial charge in [-0.25, -0.2) is 13.2 Å². The number of sulfone groups is 1. The van der Waals surface area contributed by atoms with Crippen molar-refractivity contribution in [3.05, 3.63) is 75.8 Å². The number of halogens is 2. The summed E-state index contributed by atoms with van der Waals surface area (Å²) in [6, 6.07) is 13.0. The van der Waals surface area contributed by atoms with Crippen LogP contribution in [0.4, 0.5) is 16.2 Å². The van der Waals surface area contributed by atoms with Crippen LogP contribution in [-0.4, -0.2) is 34.1 Å². The van der Waals surface area contributed by atoms with Crippen LogP contribution in [0.15, 0.2) is 64.4 Å². The molecule has 4 rings (SSSR count). The van der Waals surface area contributed by atoms with E-state index < -0.39 is 27.4 Å². The molecule has 1 unspecified atom stereocenters. The zero-order valence-electron chi connectivity index (χ0n) is 19.1. The first-order chi connectivity index (χ1) is 17.1. The highest BCUT2D eigenvalue weighted by atomic mass is 35.5. The molecule has 3 aromatic rings. The molecule has 0 fully saturated rings. The first-order valence-corrected chi connectivity index (χ1v) is 12.8. The lowest BCUT2D eigenvalue weighted by molar-refractivity contribution is -0.120. The molecule has 0 spiro atoms. The maximum Gasteiger partial charge on any atom is 0.408 e. The van der Waals surface area contributed by atoms with E-state index in [4.69, 9.17) is 38.4 Å². The summed E-state index contributed by atoms with van der Waals surface area (Å²) in [5.41, 5.74) is 4.36. The lowest BCUT2D eigenvalue weighted by Crippen LogP contribution is -2.52. The van der Waals surface area contributed by atoms with Gasteiger partial charge in [0.25, 0.3) is 5.91 Å². The molecule has 3 aromatic carbocycles. The number of rotatable bonds is 6. The Labute approximate surface area is 217 Å². The van der Waals surface area contributed by atoms with Crippen LogP contribution in [0.2, 0.25) is 10.0 Å². The highest BCUT2D eigenvalue weighted by Crippen LogP contribution is 2.48. The van der Waals surface area contributed by atoms with Gasteiger partial charge in [0.05, 0.1) is 24.3 Å². The first-order valence-electron chi connectivity index (χ1n) is 10.6. The van der Waals surface area contributed by atoms with Gasteiger partial charge in [0.15, 0.2) is 5.54 Å². The monoisotopic (exact) mass is 549 g/mol. The number of carbonyl (C=O) groups is 2. The summed E-state index contributed by atoms with van der Waals surface area (Å²) in [5, 5.41) is 5.35. The zero-order valence-corrected chi connectivity index (χ0v) is 21.4. The molecule has 0 bridgehead atoms. The van der Waals surface area contributed by atoms with Crippen LogP contribution in [0, 0.1) is 0 Å². The van der Waals surface area contributed by atoms with Gasteiger partial charge in [0.1, 0.15) is 10.6 Å². The number of methoxy groups -OCH3 is 1. The van der Waals surface area contributed by atoms with Crippen LogP contribution in [0.25, 0.3) is 0 Å². The Kier molecular flexibility index (Phi) is 6.78. The SMILES string of the molecule is CCOC(=O)NC1(c2ccccc2Cl)C(=O)Nc2c1cc(Cl)cc2S(=O)(=O)c1ccc(N)cc1OC. The molecule has 12 heteroatoms. The van der Waals surface area contributed by atoms with E-state index in [-0.39, 0.29) is 49.0 Å². The molecule has 9 nitrogen and oxygen atoms in total. The first kappa shape index (κ1) is 25.6. The standard InChI is InChI=1S/C24H21Cl2N3O6S/c1-3-35-23(31)29-24(15-6-4-5-7-17(15)26)16-10-13(25)11-20(21(16)28-22(24)30)36(32,33)19-9-8-14(27)12-18(19)34-2/h4-12H,3,27H2,1-2H3,(H,28,30)(H,29,31).